The molecular formula is C14H10Br2N2O. The van der Waals surface area contributed by atoms with E-state index in [1.165, 1.54) is 0 Å². The summed E-state index contributed by atoms with van der Waals surface area (Å²) in [6, 6.07) is 11.9. The normalized spacial score (nSPS) is 11.1. The van der Waals surface area contributed by atoms with Gasteiger partial charge in [-0.05, 0) is 43.5 Å². The van der Waals surface area contributed by atoms with Crippen molar-refractivity contribution in [2.75, 3.05) is 5.73 Å². The fourth-order valence-corrected chi connectivity index (χ4v) is 3.07. The molecule has 0 fully saturated rings. The molecule has 0 saturated heterocycles. The van der Waals surface area contributed by atoms with Crippen LogP contribution in [0.2, 0.25) is 0 Å². The summed E-state index contributed by atoms with van der Waals surface area (Å²) in [6.07, 6.45) is 0.666. The van der Waals surface area contributed by atoms with Crippen LogP contribution in [0, 0.1) is 0 Å². The van der Waals surface area contributed by atoms with Crippen molar-refractivity contribution in [1.29, 1.82) is 0 Å². The van der Waals surface area contributed by atoms with E-state index in [-0.39, 0.29) is 0 Å². The van der Waals surface area contributed by atoms with Crippen molar-refractivity contribution in [2.45, 2.75) is 6.42 Å². The summed E-state index contributed by atoms with van der Waals surface area (Å²) in [4.78, 5) is 4.50. The lowest BCUT2D eigenvalue weighted by molar-refractivity contribution is 0.544. The van der Waals surface area contributed by atoms with Crippen molar-refractivity contribution >= 4 is 48.6 Å². The number of anilines is 1. The molecule has 0 aliphatic rings. The zero-order chi connectivity index (χ0) is 13.4. The third kappa shape index (κ3) is 2.40. The van der Waals surface area contributed by atoms with Crippen LogP contribution in [0.5, 0.6) is 0 Å². The van der Waals surface area contributed by atoms with Crippen LogP contribution in [0.15, 0.2) is 49.8 Å². The smallest absolute Gasteiger partial charge is 0.199 e. The van der Waals surface area contributed by atoms with E-state index in [1.807, 2.05) is 36.4 Å². The Kier molecular flexibility index (Phi) is 3.33. The van der Waals surface area contributed by atoms with Crippen LogP contribution in [0.3, 0.4) is 0 Å². The maximum atomic E-state index is 5.93. The lowest BCUT2D eigenvalue weighted by Gasteiger charge is -2.00. The third-order valence-electron chi connectivity index (χ3n) is 2.86. The van der Waals surface area contributed by atoms with Gasteiger partial charge >= 0.3 is 0 Å². The van der Waals surface area contributed by atoms with Crippen molar-refractivity contribution in [3.05, 3.63) is 56.8 Å². The minimum atomic E-state index is 0.632. The van der Waals surface area contributed by atoms with E-state index in [9.17, 15) is 0 Å². The van der Waals surface area contributed by atoms with Crippen molar-refractivity contribution in [1.82, 2.24) is 4.98 Å². The van der Waals surface area contributed by atoms with E-state index in [4.69, 9.17) is 10.2 Å². The van der Waals surface area contributed by atoms with Gasteiger partial charge in [-0.2, -0.15) is 0 Å². The van der Waals surface area contributed by atoms with Gasteiger partial charge in [0.25, 0.3) is 0 Å². The first-order valence-electron chi connectivity index (χ1n) is 5.72. The zero-order valence-electron chi connectivity index (χ0n) is 9.86. The predicted molar refractivity (Wildman–Crippen MR) is 83.1 cm³/mol. The van der Waals surface area contributed by atoms with E-state index in [2.05, 4.69) is 36.8 Å². The summed E-state index contributed by atoms with van der Waals surface area (Å²) in [5.41, 5.74) is 9.21. The fourth-order valence-electron chi connectivity index (χ4n) is 1.90. The molecule has 3 rings (SSSR count). The van der Waals surface area contributed by atoms with Crippen LogP contribution in [-0.2, 0) is 6.42 Å². The summed E-state index contributed by atoms with van der Waals surface area (Å²) in [5.74, 6) is 0.680. The first-order valence-corrected chi connectivity index (χ1v) is 7.30. The molecule has 0 unspecified atom stereocenters. The predicted octanol–water partition coefficient (Wildman–Crippen LogP) is 4.53. The Balaban J connectivity index is 2.05. The molecule has 0 amide bonds. The molecule has 96 valence electrons. The Morgan fingerprint density at radius 3 is 2.63 bits per heavy atom. The lowest BCUT2D eigenvalue weighted by Crippen LogP contribution is -1.89. The Morgan fingerprint density at radius 1 is 1.16 bits per heavy atom. The summed E-state index contributed by atoms with van der Waals surface area (Å²) < 4.78 is 7.33. The molecule has 3 aromatic rings. The van der Waals surface area contributed by atoms with Crippen LogP contribution >= 0.6 is 31.9 Å². The summed E-state index contributed by atoms with van der Waals surface area (Å²) in [7, 11) is 0. The number of rotatable bonds is 2. The third-order valence-corrected chi connectivity index (χ3v) is 4.31. The van der Waals surface area contributed by atoms with E-state index in [0.717, 1.165) is 25.6 Å². The summed E-state index contributed by atoms with van der Waals surface area (Å²) in [6.45, 7) is 0. The highest BCUT2D eigenvalue weighted by molar-refractivity contribution is 9.11. The molecule has 0 atom stereocenters. The molecule has 1 heterocycles. The van der Waals surface area contributed by atoms with Gasteiger partial charge in [0.15, 0.2) is 11.5 Å². The molecule has 0 spiro atoms. The van der Waals surface area contributed by atoms with E-state index < -0.39 is 0 Å². The number of oxazole rings is 1. The number of halogens is 2. The van der Waals surface area contributed by atoms with Crippen LogP contribution in [0.4, 0.5) is 5.69 Å². The minimum absolute atomic E-state index is 0.632. The molecule has 0 aliphatic carbocycles. The molecule has 0 saturated carbocycles. The highest BCUT2D eigenvalue weighted by Gasteiger charge is 2.14. The minimum Gasteiger partial charge on any atom is -0.440 e. The van der Waals surface area contributed by atoms with Crippen molar-refractivity contribution in [3.63, 3.8) is 0 Å². The average molecular weight is 382 g/mol. The van der Waals surface area contributed by atoms with Crippen molar-refractivity contribution in [3.8, 4) is 0 Å². The number of fused-ring (bicyclic) bond motifs is 1. The van der Waals surface area contributed by atoms with Crippen LogP contribution in [-0.4, -0.2) is 4.98 Å². The van der Waals surface area contributed by atoms with Crippen LogP contribution in [0.25, 0.3) is 11.1 Å². The molecule has 0 radical (unpaired) electrons. The first kappa shape index (κ1) is 12.7. The maximum Gasteiger partial charge on any atom is 0.199 e. The molecule has 0 aliphatic heterocycles. The van der Waals surface area contributed by atoms with Gasteiger partial charge in [0.1, 0.15) is 5.52 Å². The fraction of sp³-hybridized carbons (Fsp3) is 0.0714. The highest BCUT2D eigenvalue weighted by Crippen LogP contribution is 2.35. The highest BCUT2D eigenvalue weighted by atomic mass is 79.9. The summed E-state index contributed by atoms with van der Waals surface area (Å²) >= 11 is 6.85. The zero-order valence-corrected chi connectivity index (χ0v) is 13.0. The SMILES string of the molecule is Nc1c(Br)cc2oc(Cc3ccccc3)nc2c1Br. The van der Waals surface area contributed by atoms with Crippen molar-refractivity contribution < 1.29 is 4.42 Å². The van der Waals surface area contributed by atoms with Crippen LogP contribution < -0.4 is 5.73 Å². The molecule has 19 heavy (non-hydrogen) atoms. The molecule has 5 heteroatoms. The Hall–Kier alpha value is -1.33. The van der Waals surface area contributed by atoms with Crippen molar-refractivity contribution in [2.24, 2.45) is 0 Å². The van der Waals surface area contributed by atoms with Gasteiger partial charge in [-0.1, -0.05) is 30.3 Å². The molecule has 0 bridgehead atoms. The monoisotopic (exact) mass is 380 g/mol. The second kappa shape index (κ2) is 4.98. The molecule has 1 aromatic heterocycles. The maximum absolute atomic E-state index is 5.93. The number of nitrogen functional groups attached to an aromatic ring is 1. The largest absolute Gasteiger partial charge is 0.440 e. The number of nitrogens with zero attached hydrogens (tertiary/aromatic N) is 1. The van der Waals surface area contributed by atoms with Crippen LogP contribution in [0.1, 0.15) is 11.5 Å². The van der Waals surface area contributed by atoms with E-state index in [0.29, 0.717) is 18.0 Å². The molecule has 3 nitrogen and oxygen atoms in total. The van der Waals surface area contributed by atoms with Gasteiger partial charge in [-0.25, -0.2) is 4.98 Å². The summed E-state index contributed by atoms with van der Waals surface area (Å²) in [5, 5.41) is 0. The number of nitrogens with two attached hydrogens (primary N) is 1. The van der Waals surface area contributed by atoms with E-state index in [1.54, 1.807) is 0 Å². The van der Waals surface area contributed by atoms with Gasteiger partial charge in [0, 0.05) is 10.9 Å². The Morgan fingerprint density at radius 2 is 1.89 bits per heavy atom. The average Bonchev–Trinajstić information content (AvgIpc) is 2.80. The quantitative estimate of drug-likeness (QED) is 0.663. The Labute approximate surface area is 127 Å². The molecule has 2 aromatic carbocycles. The number of benzene rings is 2. The second-order valence-corrected chi connectivity index (χ2v) is 5.85. The first-order chi connectivity index (χ1) is 9.15. The number of hydrogen-bond acceptors (Lipinski definition) is 3. The van der Waals surface area contributed by atoms with Gasteiger partial charge in [-0.3, -0.25) is 0 Å². The molecule has 2 N–H and O–H groups in total. The molecular weight excluding hydrogens is 372 g/mol. The lowest BCUT2D eigenvalue weighted by atomic mass is 10.1. The topological polar surface area (TPSA) is 52.0 Å². The van der Waals surface area contributed by atoms with Gasteiger partial charge in [-0.15, -0.1) is 0 Å². The standard InChI is InChI=1S/C14H10Br2N2O/c15-9-7-10-14(12(16)13(9)17)18-11(19-10)6-8-4-2-1-3-5-8/h1-5,7H,6,17H2. The van der Waals surface area contributed by atoms with Gasteiger partial charge < -0.3 is 10.2 Å². The van der Waals surface area contributed by atoms with Gasteiger partial charge in [0.05, 0.1) is 10.2 Å². The number of hydrogen-bond donors (Lipinski definition) is 1. The second-order valence-electron chi connectivity index (χ2n) is 4.20. The van der Waals surface area contributed by atoms with E-state index >= 15 is 0 Å². The Bertz CT molecular complexity index is 738. The van der Waals surface area contributed by atoms with Gasteiger partial charge in [0.2, 0.25) is 0 Å². The number of aromatic nitrogens is 1.